The van der Waals surface area contributed by atoms with Gasteiger partial charge in [-0.1, -0.05) is 43.7 Å². The highest BCUT2D eigenvalue weighted by Crippen LogP contribution is 2.27. The molecule has 244 valence electrons. The maximum atomic E-state index is 13.9. The quantitative estimate of drug-likeness (QED) is 0.211. The Morgan fingerprint density at radius 1 is 0.844 bits per heavy atom. The second-order valence-electron chi connectivity index (χ2n) is 12.6. The van der Waals surface area contributed by atoms with Crippen LogP contribution in [-0.4, -0.2) is 90.2 Å². The summed E-state index contributed by atoms with van der Waals surface area (Å²) in [5, 5.41) is 0. The number of hydrogen-bond donors (Lipinski definition) is 0. The van der Waals surface area contributed by atoms with Gasteiger partial charge in [0.15, 0.2) is 6.61 Å². The first-order chi connectivity index (χ1) is 22.0. The van der Waals surface area contributed by atoms with Gasteiger partial charge in [0.25, 0.3) is 5.91 Å². The van der Waals surface area contributed by atoms with E-state index in [1.165, 1.54) is 0 Å². The summed E-state index contributed by atoms with van der Waals surface area (Å²) in [5.74, 6) is 0.190. The maximum absolute atomic E-state index is 13.9. The van der Waals surface area contributed by atoms with Crippen molar-refractivity contribution >= 4 is 18.0 Å². The highest BCUT2D eigenvalue weighted by Gasteiger charge is 2.33. The number of amides is 2. The zero-order valence-corrected chi connectivity index (χ0v) is 26.7. The predicted octanol–water partition coefficient (Wildman–Crippen LogP) is 6.06. The van der Waals surface area contributed by atoms with E-state index < -0.39 is 0 Å². The van der Waals surface area contributed by atoms with Crippen LogP contribution >= 0.6 is 0 Å². The highest BCUT2D eigenvalue weighted by atomic mass is 16.6. The van der Waals surface area contributed by atoms with E-state index in [0.717, 1.165) is 96.0 Å². The van der Waals surface area contributed by atoms with Crippen LogP contribution in [0.4, 0.5) is 4.79 Å². The van der Waals surface area contributed by atoms with Crippen LogP contribution < -0.4 is 4.74 Å². The number of nitrogens with zero attached hydrogens (tertiary/aromatic N) is 3. The van der Waals surface area contributed by atoms with Gasteiger partial charge in [-0.3, -0.25) is 4.79 Å². The third-order valence-corrected chi connectivity index (χ3v) is 9.42. The molecule has 0 N–H and O–H groups in total. The summed E-state index contributed by atoms with van der Waals surface area (Å²) >= 11 is 0. The molecule has 2 saturated heterocycles. The van der Waals surface area contributed by atoms with Crippen LogP contribution in [0.1, 0.15) is 87.1 Å². The first-order valence-electron chi connectivity index (χ1n) is 16.9. The Balaban J connectivity index is 1.14. The number of benzene rings is 2. The molecule has 2 heterocycles. The Morgan fingerprint density at radius 2 is 1.53 bits per heavy atom. The fourth-order valence-electron chi connectivity index (χ4n) is 6.75. The molecule has 0 aromatic heterocycles. The van der Waals surface area contributed by atoms with Gasteiger partial charge in [-0.15, -0.1) is 0 Å². The molecule has 9 nitrogen and oxygen atoms in total. The molecule has 2 aromatic rings. The summed E-state index contributed by atoms with van der Waals surface area (Å²) in [6.07, 6.45) is 9.53. The van der Waals surface area contributed by atoms with Crippen molar-refractivity contribution in [3.8, 4) is 5.75 Å². The Kier molecular flexibility index (Phi) is 12.1. The summed E-state index contributed by atoms with van der Waals surface area (Å²) in [4.78, 5) is 44.9. The van der Waals surface area contributed by atoms with Crippen LogP contribution in [0.15, 0.2) is 54.6 Å². The number of rotatable bonds is 12. The van der Waals surface area contributed by atoms with E-state index in [4.69, 9.17) is 14.2 Å². The van der Waals surface area contributed by atoms with Gasteiger partial charge in [-0.25, -0.2) is 9.59 Å². The lowest BCUT2D eigenvalue weighted by molar-refractivity contribution is -0.151. The molecule has 1 aliphatic carbocycles. The minimum absolute atomic E-state index is 0.000565. The average Bonchev–Trinajstić information content (AvgIpc) is 3.60. The van der Waals surface area contributed by atoms with Gasteiger partial charge in [0, 0.05) is 50.4 Å². The topological polar surface area (TPSA) is 88.6 Å². The van der Waals surface area contributed by atoms with Crippen molar-refractivity contribution in [2.24, 2.45) is 0 Å². The zero-order valence-electron chi connectivity index (χ0n) is 26.7. The molecule has 1 saturated carbocycles. The maximum Gasteiger partial charge on any atom is 0.409 e. The Morgan fingerprint density at radius 3 is 2.20 bits per heavy atom. The standard InChI is InChI=1S/C36H49N3O6/c1-2-3-25-43-36(42)38-23-17-30(18-24-38)37-21-19-31(20-22-37)39(26-28-9-5-4-6-10-28)35(41)29-13-15-32(16-14-29)44-27-34(40)45-33-11-7-8-12-33/h4-6,9-10,13-16,30-31,33H,2-3,7-8,11-12,17-27H2,1H3. The second kappa shape index (κ2) is 16.6. The number of carbonyl (C=O) groups is 3. The minimum atomic E-state index is -0.349. The molecule has 2 amide bonds. The van der Waals surface area contributed by atoms with E-state index in [0.29, 0.717) is 30.5 Å². The number of carbonyl (C=O) groups excluding carboxylic acids is 3. The summed E-state index contributed by atoms with van der Waals surface area (Å²) in [7, 11) is 0. The van der Waals surface area contributed by atoms with Crippen LogP contribution in [0.2, 0.25) is 0 Å². The lowest BCUT2D eigenvalue weighted by atomic mass is 9.96. The molecule has 0 bridgehead atoms. The first kappa shape index (κ1) is 32.8. The molecule has 0 unspecified atom stereocenters. The summed E-state index contributed by atoms with van der Waals surface area (Å²) < 4.78 is 16.6. The number of esters is 1. The second-order valence-corrected chi connectivity index (χ2v) is 12.6. The first-order valence-corrected chi connectivity index (χ1v) is 16.9. The number of unbranched alkanes of at least 4 members (excludes halogenated alkanes) is 1. The molecule has 3 aliphatic rings. The van der Waals surface area contributed by atoms with Crippen molar-refractivity contribution in [1.29, 1.82) is 0 Å². The number of hydrogen-bond acceptors (Lipinski definition) is 7. The number of ether oxygens (including phenoxy) is 3. The average molecular weight is 620 g/mol. The predicted molar refractivity (Wildman–Crippen MR) is 172 cm³/mol. The van der Waals surface area contributed by atoms with Gasteiger partial charge in [-0.05, 0) is 87.6 Å². The minimum Gasteiger partial charge on any atom is -0.482 e. The zero-order chi connectivity index (χ0) is 31.4. The molecule has 3 fully saturated rings. The molecule has 0 spiro atoms. The van der Waals surface area contributed by atoms with E-state index in [-0.39, 0.29) is 36.7 Å². The highest BCUT2D eigenvalue weighted by molar-refractivity contribution is 5.94. The van der Waals surface area contributed by atoms with E-state index in [1.807, 2.05) is 28.0 Å². The lowest BCUT2D eigenvalue weighted by Crippen LogP contribution is -2.52. The van der Waals surface area contributed by atoms with Crippen molar-refractivity contribution in [3.05, 3.63) is 65.7 Å². The number of piperidine rings is 2. The van der Waals surface area contributed by atoms with Gasteiger partial charge in [0.05, 0.1) is 6.61 Å². The summed E-state index contributed by atoms with van der Waals surface area (Å²) in [6, 6.07) is 17.8. The van der Waals surface area contributed by atoms with Gasteiger partial charge < -0.3 is 28.9 Å². The molecule has 0 radical (unpaired) electrons. The molecule has 45 heavy (non-hydrogen) atoms. The van der Waals surface area contributed by atoms with Crippen molar-refractivity contribution in [2.45, 2.75) is 95.9 Å². The Labute approximate surface area is 267 Å². The smallest absolute Gasteiger partial charge is 0.409 e. The fraction of sp³-hybridized carbons (Fsp3) is 0.583. The molecule has 2 aliphatic heterocycles. The van der Waals surface area contributed by atoms with Crippen molar-refractivity contribution in [2.75, 3.05) is 39.4 Å². The largest absolute Gasteiger partial charge is 0.482 e. The third-order valence-electron chi connectivity index (χ3n) is 9.42. The molecule has 2 aromatic carbocycles. The molecular weight excluding hydrogens is 570 g/mol. The molecule has 9 heteroatoms. The van der Waals surface area contributed by atoms with E-state index in [2.05, 4.69) is 24.0 Å². The molecule has 5 rings (SSSR count). The summed E-state index contributed by atoms with van der Waals surface area (Å²) in [5.41, 5.74) is 1.71. The van der Waals surface area contributed by atoms with Gasteiger partial charge in [-0.2, -0.15) is 0 Å². The van der Waals surface area contributed by atoms with E-state index in [9.17, 15) is 14.4 Å². The van der Waals surface area contributed by atoms with Gasteiger partial charge >= 0.3 is 12.1 Å². The van der Waals surface area contributed by atoms with Crippen LogP contribution in [0.3, 0.4) is 0 Å². The molecular formula is C36H49N3O6. The lowest BCUT2D eigenvalue weighted by Gasteiger charge is -2.44. The van der Waals surface area contributed by atoms with E-state index >= 15 is 0 Å². The van der Waals surface area contributed by atoms with E-state index in [1.54, 1.807) is 24.3 Å². The summed E-state index contributed by atoms with van der Waals surface area (Å²) in [6.45, 7) is 6.32. The van der Waals surface area contributed by atoms with Crippen LogP contribution in [0, 0.1) is 0 Å². The monoisotopic (exact) mass is 619 g/mol. The number of likely N-dealkylation sites (tertiary alicyclic amines) is 2. The third kappa shape index (κ3) is 9.45. The normalized spacial score (nSPS) is 18.5. The van der Waals surface area contributed by atoms with Crippen molar-refractivity contribution in [3.63, 3.8) is 0 Å². The van der Waals surface area contributed by atoms with Crippen LogP contribution in [0.5, 0.6) is 5.75 Å². The van der Waals surface area contributed by atoms with Crippen molar-refractivity contribution < 1.29 is 28.6 Å². The SMILES string of the molecule is CCCCOC(=O)N1CCC(N2CCC(N(Cc3ccccc3)C(=O)c3ccc(OCC(=O)OC4CCCC4)cc3)CC2)CC1. The van der Waals surface area contributed by atoms with Gasteiger partial charge in [0.1, 0.15) is 11.9 Å². The van der Waals surface area contributed by atoms with Crippen molar-refractivity contribution in [1.82, 2.24) is 14.7 Å². The Bertz CT molecular complexity index is 1220. The van der Waals surface area contributed by atoms with Crippen LogP contribution in [0.25, 0.3) is 0 Å². The molecule has 0 atom stereocenters. The van der Waals surface area contributed by atoms with Gasteiger partial charge in [0.2, 0.25) is 0 Å². The van der Waals surface area contributed by atoms with Crippen LogP contribution in [-0.2, 0) is 20.8 Å². The Hall–Kier alpha value is -3.59. The fourth-order valence-corrected chi connectivity index (χ4v) is 6.75.